The fraction of sp³-hybridized carbons (Fsp3) is 0.0800. The zero-order valence-corrected chi connectivity index (χ0v) is 19.8. The molecule has 1 aliphatic heterocycles. The van der Waals surface area contributed by atoms with E-state index in [1.165, 1.54) is 29.2 Å². The molecule has 0 aromatic heterocycles. The summed E-state index contributed by atoms with van der Waals surface area (Å²) in [6.45, 7) is 0. The summed E-state index contributed by atoms with van der Waals surface area (Å²) in [4.78, 5) is 27.9. The van der Waals surface area contributed by atoms with Crippen LogP contribution in [0.15, 0.2) is 83.4 Å². The highest BCUT2D eigenvalue weighted by molar-refractivity contribution is 8.05. The number of rotatable bonds is 5. The first-order valence-electron chi connectivity index (χ1n) is 10.1. The van der Waals surface area contributed by atoms with Crippen molar-refractivity contribution in [3.63, 3.8) is 0 Å². The number of carbonyl (C=O) groups excluding carboxylic acids is 2. The standard InChI is InChI=1S/C25H16Cl2FN3O2S/c26-16-8-11-21(20(27)13-16)30-23(32)19(14-29)25-31(18-4-2-1-3-5-18)24(33)22(34-25)12-15-6-9-17(28)10-7-15/h1-11,13,22H,12H2,(H,30,32)/b25-19-/t22-/m1/s1. The third-order valence-corrected chi connectivity index (χ3v) is 6.84. The summed E-state index contributed by atoms with van der Waals surface area (Å²) in [5, 5.41) is 12.7. The average molecular weight is 512 g/mol. The Morgan fingerprint density at radius 3 is 2.44 bits per heavy atom. The van der Waals surface area contributed by atoms with Gasteiger partial charge in [0.2, 0.25) is 5.91 Å². The molecule has 3 aromatic rings. The summed E-state index contributed by atoms with van der Waals surface area (Å²) in [7, 11) is 0. The maximum atomic E-state index is 13.4. The quantitative estimate of drug-likeness (QED) is 0.327. The summed E-state index contributed by atoms with van der Waals surface area (Å²) < 4.78 is 13.3. The number of nitrogens with one attached hydrogen (secondary N) is 1. The molecule has 0 saturated carbocycles. The summed E-state index contributed by atoms with van der Waals surface area (Å²) in [5.41, 5.74) is 1.35. The first-order chi connectivity index (χ1) is 16.4. The molecule has 1 saturated heterocycles. The second-order valence-electron chi connectivity index (χ2n) is 7.32. The molecule has 34 heavy (non-hydrogen) atoms. The third kappa shape index (κ3) is 5.10. The van der Waals surface area contributed by atoms with E-state index in [4.69, 9.17) is 23.2 Å². The summed E-state index contributed by atoms with van der Waals surface area (Å²) >= 11 is 13.2. The van der Waals surface area contributed by atoms with Crippen LogP contribution in [0.5, 0.6) is 0 Å². The predicted octanol–water partition coefficient (Wildman–Crippen LogP) is 6.20. The summed E-state index contributed by atoms with van der Waals surface area (Å²) in [6.07, 6.45) is 0.306. The number of carbonyl (C=O) groups is 2. The lowest BCUT2D eigenvalue weighted by Gasteiger charge is -2.18. The van der Waals surface area contributed by atoms with Crippen LogP contribution in [-0.4, -0.2) is 17.1 Å². The van der Waals surface area contributed by atoms with E-state index in [1.54, 1.807) is 48.5 Å². The van der Waals surface area contributed by atoms with Crippen molar-refractivity contribution in [3.05, 3.63) is 105 Å². The van der Waals surface area contributed by atoms with Gasteiger partial charge in [-0.15, -0.1) is 0 Å². The third-order valence-electron chi connectivity index (χ3n) is 5.03. The van der Waals surface area contributed by atoms with Gasteiger partial charge in [-0.3, -0.25) is 14.5 Å². The van der Waals surface area contributed by atoms with E-state index in [-0.39, 0.29) is 33.0 Å². The lowest BCUT2D eigenvalue weighted by atomic mass is 10.1. The first kappa shape index (κ1) is 23.8. The summed E-state index contributed by atoms with van der Waals surface area (Å²) in [6, 6.07) is 21.2. The predicted molar refractivity (Wildman–Crippen MR) is 133 cm³/mol. The van der Waals surface area contributed by atoms with Crippen LogP contribution in [0.1, 0.15) is 5.56 Å². The van der Waals surface area contributed by atoms with Gasteiger partial charge in [0.25, 0.3) is 5.91 Å². The van der Waals surface area contributed by atoms with Crippen molar-refractivity contribution < 1.29 is 14.0 Å². The zero-order chi connectivity index (χ0) is 24.2. The Morgan fingerprint density at radius 2 is 1.79 bits per heavy atom. The number of anilines is 2. The van der Waals surface area contributed by atoms with Gasteiger partial charge in [0.1, 0.15) is 22.5 Å². The van der Waals surface area contributed by atoms with E-state index in [2.05, 4.69) is 5.32 Å². The van der Waals surface area contributed by atoms with Crippen molar-refractivity contribution in [2.75, 3.05) is 10.2 Å². The van der Waals surface area contributed by atoms with E-state index in [0.717, 1.165) is 17.3 Å². The maximum Gasteiger partial charge on any atom is 0.269 e. The molecule has 1 atom stereocenters. The molecule has 170 valence electrons. The van der Waals surface area contributed by atoms with Gasteiger partial charge < -0.3 is 5.32 Å². The summed E-state index contributed by atoms with van der Waals surface area (Å²) in [5.74, 6) is -1.35. The molecule has 0 radical (unpaired) electrons. The molecular formula is C25H16Cl2FN3O2S. The topological polar surface area (TPSA) is 73.2 Å². The van der Waals surface area contributed by atoms with Gasteiger partial charge in [-0.1, -0.05) is 65.3 Å². The molecule has 0 bridgehead atoms. The van der Waals surface area contributed by atoms with E-state index < -0.39 is 11.2 Å². The van der Waals surface area contributed by atoms with Crippen LogP contribution < -0.4 is 10.2 Å². The van der Waals surface area contributed by atoms with Crippen LogP contribution in [0.25, 0.3) is 0 Å². The van der Waals surface area contributed by atoms with E-state index in [9.17, 15) is 19.2 Å². The SMILES string of the molecule is N#C/C(C(=O)Nc1ccc(Cl)cc1Cl)=C1/S[C@H](Cc2ccc(F)cc2)C(=O)N1c1ccccc1. The number of hydrogen-bond donors (Lipinski definition) is 1. The van der Waals surface area contributed by atoms with Crippen LogP contribution in [0.4, 0.5) is 15.8 Å². The minimum atomic E-state index is -0.703. The Balaban J connectivity index is 1.71. The monoisotopic (exact) mass is 511 g/mol. The van der Waals surface area contributed by atoms with Crippen molar-refractivity contribution in [3.8, 4) is 6.07 Å². The molecule has 2 amide bonds. The molecule has 1 aliphatic rings. The molecule has 0 spiro atoms. The normalized spacial score (nSPS) is 16.8. The van der Waals surface area contributed by atoms with Crippen LogP contribution in [-0.2, 0) is 16.0 Å². The number of nitrogens with zero attached hydrogens (tertiary/aromatic N) is 2. The molecule has 1 heterocycles. The van der Waals surface area contributed by atoms with Gasteiger partial charge in [-0.05, 0) is 54.4 Å². The molecule has 0 unspecified atom stereocenters. The molecule has 9 heteroatoms. The molecular weight excluding hydrogens is 496 g/mol. The van der Waals surface area contributed by atoms with Gasteiger partial charge in [-0.25, -0.2) is 4.39 Å². The second kappa shape index (κ2) is 10.3. The van der Waals surface area contributed by atoms with Crippen LogP contribution in [0.3, 0.4) is 0 Å². The second-order valence-corrected chi connectivity index (χ2v) is 9.35. The lowest BCUT2D eigenvalue weighted by Crippen LogP contribution is -2.30. The minimum absolute atomic E-state index is 0.215. The lowest BCUT2D eigenvalue weighted by molar-refractivity contribution is -0.117. The van der Waals surface area contributed by atoms with Crippen molar-refractivity contribution in [2.45, 2.75) is 11.7 Å². The van der Waals surface area contributed by atoms with Crippen LogP contribution in [0.2, 0.25) is 10.0 Å². The van der Waals surface area contributed by atoms with Crippen molar-refractivity contribution >= 4 is 58.2 Å². The molecule has 5 nitrogen and oxygen atoms in total. The number of nitriles is 1. The van der Waals surface area contributed by atoms with Crippen LogP contribution >= 0.6 is 35.0 Å². The highest BCUT2D eigenvalue weighted by Crippen LogP contribution is 2.42. The molecule has 0 aliphatic carbocycles. The zero-order valence-electron chi connectivity index (χ0n) is 17.5. The number of benzene rings is 3. The Labute approximate surface area is 209 Å². The molecule has 1 fully saturated rings. The largest absolute Gasteiger partial charge is 0.320 e. The average Bonchev–Trinajstić information content (AvgIpc) is 3.13. The Hall–Kier alpha value is -3.31. The smallest absolute Gasteiger partial charge is 0.269 e. The highest BCUT2D eigenvalue weighted by atomic mass is 35.5. The van der Waals surface area contributed by atoms with Crippen LogP contribution in [0, 0.1) is 17.1 Å². The molecule has 1 N–H and O–H groups in total. The number of amides is 2. The van der Waals surface area contributed by atoms with Gasteiger partial charge >= 0.3 is 0 Å². The fourth-order valence-corrected chi connectivity index (χ4v) is 5.17. The van der Waals surface area contributed by atoms with Crippen molar-refractivity contribution in [1.29, 1.82) is 5.26 Å². The first-order valence-corrected chi connectivity index (χ1v) is 11.7. The maximum absolute atomic E-state index is 13.4. The Bertz CT molecular complexity index is 1320. The van der Waals surface area contributed by atoms with Gasteiger partial charge in [0.15, 0.2) is 0 Å². The number of halogens is 3. The van der Waals surface area contributed by atoms with Crippen molar-refractivity contribution in [1.82, 2.24) is 0 Å². The number of para-hydroxylation sites is 1. The number of hydrogen-bond acceptors (Lipinski definition) is 4. The Kier molecular flexibility index (Phi) is 7.23. The molecule has 4 rings (SSSR count). The van der Waals surface area contributed by atoms with Crippen molar-refractivity contribution in [2.24, 2.45) is 0 Å². The van der Waals surface area contributed by atoms with Gasteiger partial charge in [0, 0.05) is 10.7 Å². The number of thioether (sulfide) groups is 1. The molecule has 3 aromatic carbocycles. The van der Waals surface area contributed by atoms with Gasteiger partial charge in [0.05, 0.1) is 16.0 Å². The van der Waals surface area contributed by atoms with E-state index >= 15 is 0 Å². The fourth-order valence-electron chi connectivity index (χ4n) is 3.41. The van der Waals surface area contributed by atoms with Gasteiger partial charge in [-0.2, -0.15) is 5.26 Å². The van der Waals surface area contributed by atoms with E-state index in [1.807, 2.05) is 6.07 Å². The van der Waals surface area contributed by atoms with E-state index in [0.29, 0.717) is 17.1 Å². The minimum Gasteiger partial charge on any atom is -0.320 e. The highest BCUT2D eigenvalue weighted by Gasteiger charge is 2.40. The Morgan fingerprint density at radius 1 is 1.09 bits per heavy atom.